The van der Waals surface area contributed by atoms with Crippen molar-refractivity contribution < 1.29 is 0 Å². The molecule has 0 aliphatic rings. The molecule has 1 aromatic carbocycles. The molecular weight excluding hydrogens is 276 g/mol. The monoisotopic (exact) mass is 292 g/mol. The van der Waals surface area contributed by atoms with Crippen LogP contribution in [0.5, 0.6) is 0 Å². The fraction of sp³-hybridized carbons (Fsp3) is 0.357. The van der Waals surface area contributed by atoms with Gasteiger partial charge in [-0.1, -0.05) is 25.1 Å². The first-order valence-electron chi connectivity index (χ1n) is 5.96. The van der Waals surface area contributed by atoms with Gasteiger partial charge in [0, 0.05) is 11.9 Å². The first-order chi connectivity index (χ1) is 8.26. The largest absolute Gasteiger partial charge is 0.319 e. The second-order valence-corrected chi connectivity index (χ2v) is 4.98. The Morgan fingerprint density at radius 3 is 2.82 bits per heavy atom. The summed E-state index contributed by atoms with van der Waals surface area (Å²) in [5.74, 6) is 0.506. The van der Waals surface area contributed by atoms with Crippen molar-refractivity contribution in [1.82, 2.24) is 10.3 Å². The number of likely N-dealkylation sites (N-methyl/N-ethyl adjacent to an activating group) is 1. The Morgan fingerprint density at radius 2 is 2.12 bits per heavy atom. The summed E-state index contributed by atoms with van der Waals surface area (Å²) < 4.78 is 0.971. The molecule has 17 heavy (non-hydrogen) atoms. The van der Waals surface area contributed by atoms with Gasteiger partial charge in [0.1, 0.15) is 4.60 Å². The molecule has 90 valence electrons. The molecule has 2 nitrogen and oxygen atoms in total. The third kappa shape index (κ3) is 2.67. The van der Waals surface area contributed by atoms with Crippen molar-refractivity contribution in [3.8, 4) is 0 Å². The number of rotatable bonds is 4. The number of halogens is 1. The molecule has 2 rings (SSSR count). The highest BCUT2D eigenvalue weighted by molar-refractivity contribution is 9.10. The number of hydrogen-bond donors (Lipinski definition) is 1. The maximum atomic E-state index is 4.62. The molecule has 0 saturated carbocycles. The predicted molar refractivity (Wildman–Crippen MR) is 76.4 cm³/mol. The number of para-hydroxylation sites is 1. The number of nitrogens with one attached hydrogen (secondary N) is 1. The summed E-state index contributed by atoms with van der Waals surface area (Å²) in [5, 5.41) is 4.45. The van der Waals surface area contributed by atoms with E-state index in [2.05, 4.69) is 51.4 Å². The van der Waals surface area contributed by atoms with Gasteiger partial charge in [-0.05, 0) is 53.0 Å². The van der Waals surface area contributed by atoms with E-state index in [1.807, 2.05) is 19.2 Å². The van der Waals surface area contributed by atoms with Crippen molar-refractivity contribution in [2.24, 2.45) is 0 Å². The van der Waals surface area contributed by atoms with Crippen LogP contribution in [0.25, 0.3) is 10.9 Å². The van der Waals surface area contributed by atoms with Crippen molar-refractivity contribution >= 4 is 26.8 Å². The van der Waals surface area contributed by atoms with Gasteiger partial charge in [-0.25, -0.2) is 4.98 Å². The molecular formula is C14H17BrN2. The maximum Gasteiger partial charge on any atom is 0.110 e. The molecule has 0 saturated heterocycles. The number of fused-ring (bicyclic) bond motifs is 1. The van der Waals surface area contributed by atoms with Crippen molar-refractivity contribution in [2.45, 2.75) is 19.3 Å². The van der Waals surface area contributed by atoms with Crippen molar-refractivity contribution in [3.05, 3.63) is 40.5 Å². The predicted octanol–water partition coefficient (Wildman–Crippen LogP) is 3.71. The van der Waals surface area contributed by atoms with Crippen LogP contribution in [0.1, 0.15) is 24.8 Å². The average molecular weight is 293 g/mol. The van der Waals surface area contributed by atoms with Gasteiger partial charge in [-0.3, -0.25) is 0 Å². The van der Waals surface area contributed by atoms with Gasteiger partial charge < -0.3 is 5.32 Å². The lowest BCUT2D eigenvalue weighted by Crippen LogP contribution is -2.17. The van der Waals surface area contributed by atoms with Crippen LogP contribution < -0.4 is 5.32 Å². The molecule has 0 bridgehead atoms. The van der Waals surface area contributed by atoms with Crippen molar-refractivity contribution in [1.29, 1.82) is 0 Å². The van der Waals surface area contributed by atoms with Gasteiger partial charge in [0.15, 0.2) is 0 Å². The maximum absolute atomic E-state index is 4.62. The van der Waals surface area contributed by atoms with E-state index in [9.17, 15) is 0 Å². The Hall–Kier alpha value is -0.930. The third-order valence-electron chi connectivity index (χ3n) is 3.09. The minimum Gasteiger partial charge on any atom is -0.319 e. The summed E-state index contributed by atoms with van der Waals surface area (Å²) in [4.78, 5) is 4.62. The highest BCUT2D eigenvalue weighted by Crippen LogP contribution is 2.28. The number of nitrogens with zero attached hydrogens (tertiary/aromatic N) is 1. The van der Waals surface area contributed by atoms with Gasteiger partial charge in [0.05, 0.1) is 5.52 Å². The molecule has 0 radical (unpaired) electrons. The van der Waals surface area contributed by atoms with E-state index >= 15 is 0 Å². The van der Waals surface area contributed by atoms with E-state index in [1.54, 1.807) is 0 Å². The minimum atomic E-state index is 0.506. The summed E-state index contributed by atoms with van der Waals surface area (Å²) in [6.07, 6.45) is 1.11. The van der Waals surface area contributed by atoms with Crippen LogP contribution in [0.4, 0.5) is 0 Å². The summed E-state index contributed by atoms with van der Waals surface area (Å²) >= 11 is 3.59. The fourth-order valence-electron chi connectivity index (χ4n) is 2.12. The highest BCUT2D eigenvalue weighted by atomic mass is 79.9. The molecule has 2 aromatic rings. The van der Waals surface area contributed by atoms with Crippen LogP contribution >= 0.6 is 15.9 Å². The summed E-state index contributed by atoms with van der Waals surface area (Å²) in [5.41, 5.74) is 2.34. The van der Waals surface area contributed by atoms with E-state index < -0.39 is 0 Å². The van der Waals surface area contributed by atoms with Crippen LogP contribution in [-0.2, 0) is 0 Å². The van der Waals surface area contributed by atoms with E-state index in [1.165, 1.54) is 10.9 Å². The molecule has 1 heterocycles. The summed E-state index contributed by atoms with van der Waals surface area (Å²) in [6.45, 7) is 3.19. The first-order valence-corrected chi connectivity index (χ1v) is 6.75. The highest BCUT2D eigenvalue weighted by Gasteiger charge is 2.13. The number of benzene rings is 1. The Morgan fingerprint density at radius 1 is 1.35 bits per heavy atom. The SMILES string of the molecule is CCC(CNC)c1cc2ccccc2nc1Br. The summed E-state index contributed by atoms with van der Waals surface area (Å²) in [7, 11) is 1.99. The molecule has 0 spiro atoms. The molecule has 0 fully saturated rings. The van der Waals surface area contributed by atoms with Crippen LogP contribution in [-0.4, -0.2) is 18.6 Å². The quantitative estimate of drug-likeness (QED) is 0.869. The Kier molecular flexibility index (Phi) is 4.13. The summed E-state index contributed by atoms with van der Waals surface area (Å²) in [6, 6.07) is 10.5. The number of hydrogen-bond acceptors (Lipinski definition) is 2. The van der Waals surface area contributed by atoms with Crippen LogP contribution in [0.3, 0.4) is 0 Å². The minimum absolute atomic E-state index is 0.506. The number of pyridine rings is 1. The Labute approximate surface area is 111 Å². The first kappa shape index (κ1) is 12.5. The third-order valence-corrected chi connectivity index (χ3v) is 3.72. The van der Waals surface area contributed by atoms with Crippen molar-refractivity contribution in [3.63, 3.8) is 0 Å². The average Bonchev–Trinajstić information content (AvgIpc) is 2.35. The van der Waals surface area contributed by atoms with E-state index in [0.717, 1.165) is 23.1 Å². The molecule has 0 aliphatic heterocycles. The Balaban J connectivity index is 2.49. The van der Waals surface area contributed by atoms with Crippen LogP contribution in [0, 0.1) is 0 Å². The molecule has 0 aliphatic carbocycles. The molecule has 3 heteroatoms. The lowest BCUT2D eigenvalue weighted by molar-refractivity contribution is 0.608. The van der Waals surface area contributed by atoms with E-state index in [0.29, 0.717) is 5.92 Å². The standard InChI is InChI=1S/C14H17BrN2/c1-3-10(9-16-2)12-8-11-6-4-5-7-13(11)17-14(12)15/h4-8,10,16H,3,9H2,1-2H3. The molecule has 0 amide bonds. The second-order valence-electron chi connectivity index (χ2n) is 4.22. The van der Waals surface area contributed by atoms with Gasteiger partial charge in [-0.15, -0.1) is 0 Å². The molecule has 1 N–H and O–H groups in total. The fourth-order valence-corrected chi connectivity index (χ4v) is 2.74. The molecule has 1 aromatic heterocycles. The molecule has 1 atom stereocenters. The van der Waals surface area contributed by atoms with Crippen LogP contribution in [0.2, 0.25) is 0 Å². The number of aromatic nitrogens is 1. The smallest absolute Gasteiger partial charge is 0.110 e. The topological polar surface area (TPSA) is 24.9 Å². The second kappa shape index (κ2) is 5.61. The van der Waals surface area contributed by atoms with Gasteiger partial charge >= 0.3 is 0 Å². The zero-order valence-corrected chi connectivity index (χ0v) is 11.8. The van der Waals surface area contributed by atoms with E-state index in [-0.39, 0.29) is 0 Å². The van der Waals surface area contributed by atoms with Gasteiger partial charge in [0.25, 0.3) is 0 Å². The Bertz CT molecular complexity index is 511. The van der Waals surface area contributed by atoms with Crippen LogP contribution in [0.15, 0.2) is 34.9 Å². The van der Waals surface area contributed by atoms with Crippen molar-refractivity contribution in [2.75, 3.05) is 13.6 Å². The zero-order valence-electron chi connectivity index (χ0n) is 10.2. The van der Waals surface area contributed by atoms with Gasteiger partial charge in [0.2, 0.25) is 0 Å². The molecule has 1 unspecified atom stereocenters. The van der Waals surface area contributed by atoms with E-state index in [4.69, 9.17) is 0 Å². The van der Waals surface area contributed by atoms with Gasteiger partial charge in [-0.2, -0.15) is 0 Å². The lowest BCUT2D eigenvalue weighted by Gasteiger charge is -2.16. The normalized spacial score (nSPS) is 12.9. The zero-order chi connectivity index (χ0) is 12.3. The lowest BCUT2D eigenvalue weighted by atomic mass is 9.97.